The number of nitrogens with one attached hydrogen (secondary N) is 2. The third kappa shape index (κ3) is 9.86. The molecule has 0 aliphatic carbocycles. The zero-order valence-electron chi connectivity index (χ0n) is 8.65. The van der Waals surface area contributed by atoms with Gasteiger partial charge in [-0.3, -0.25) is 4.79 Å². The topological polar surface area (TPSA) is 41.1 Å². The molecule has 1 atom stereocenters. The van der Waals surface area contributed by atoms with E-state index in [9.17, 15) is 18.0 Å². The Bertz CT molecular complexity index is 199. The number of carbonyl (C=O) groups is 1. The summed E-state index contributed by atoms with van der Waals surface area (Å²) < 4.78 is 35.1. The molecular weight excluding hydrogens is 229 g/mol. The largest absolute Gasteiger partial charge is 0.405 e. The van der Waals surface area contributed by atoms with E-state index in [1.165, 1.54) is 0 Å². The molecule has 1 unspecified atom stereocenters. The zero-order valence-corrected chi connectivity index (χ0v) is 9.47. The molecule has 7 heteroatoms. The van der Waals surface area contributed by atoms with E-state index in [1.54, 1.807) is 17.1 Å². The summed E-state index contributed by atoms with van der Waals surface area (Å²) >= 11 is 1.60. The van der Waals surface area contributed by atoms with Gasteiger partial charge in [0.05, 0.1) is 6.54 Å². The van der Waals surface area contributed by atoms with Crippen LogP contribution in [0.4, 0.5) is 13.2 Å². The molecule has 15 heavy (non-hydrogen) atoms. The summed E-state index contributed by atoms with van der Waals surface area (Å²) in [7, 11) is 0. The van der Waals surface area contributed by atoms with E-state index in [2.05, 4.69) is 5.32 Å². The second-order valence-electron chi connectivity index (χ2n) is 3.13. The van der Waals surface area contributed by atoms with Gasteiger partial charge in [-0.25, -0.2) is 0 Å². The number of hydrogen-bond donors (Lipinski definition) is 2. The Morgan fingerprint density at radius 2 is 2.07 bits per heavy atom. The lowest BCUT2D eigenvalue weighted by Crippen LogP contribution is -2.42. The van der Waals surface area contributed by atoms with Crippen molar-refractivity contribution < 1.29 is 18.0 Å². The first kappa shape index (κ1) is 14.6. The third-order valence-electron chi connectivity index (χ3n) is 1.51. The van der Waals surface area contributed by atoms with Gasteiger partial charge in [-0.15, -0.1) is 0 Å². The van der Waals surface area contributed by atoms with Gasteiger partial charge in [0.25, 0.3) is 0 Å². The predicted molar refractivity (Wildman–Crippen MR) is 54.9 cm³/mol. The summed E-state index contributed by atoms with van der Waals surface area (Å²) in [5.41, 5.74) is 0. The summed E-state index contributed by atoms with van der Waals surface area (Å²) in [4.78, 5) is 10.9. The SMILES string of the molecule is CSCC(C)NCC(=O)NCC(F)(F)F. The van der Waals surface area contributed by atoms with Crippen LogP contribution >= 0.6 is 11.8 Å². The molecule has 90 valence electrons. The molecule has 0 aromatic carbocycles. The number of hydrogen-bond acceptors (Lipinski definition) is 3. The van der Waals surface area contributed by atoms with Gasteiger partial charge in [-0.1, -0.05) is 0 Å². The summed E-state index contributed by atoms with van der Waals surface area (Å²) in [6, 6.07) is 0.108. The highest BCUT2D eigenvalue weighted by atomic mass is 32.2. The van der Waals surface area contributed by atoms with E-state index in [4.69, 9.17) is 0 Å². The van der Waals surface area contributed by atoms with E-state index in [-0.39, 0.29) is 12.6 Å². The first-order valence-corrected chi connectivity index (χ1v) is 5.80. The first-order chi connectivity index (χ1) is 6.85. The quantitative estimate of drug-likeness (QED) is 0.732. The van der Waals surface area contributed by atoms with E-state index in [1.807, 2.05) is 13.2 Å². The van der Waals surface area contributed by atoms with Crippen LogP contribution in [0.3, 0.4) is 0 Å². The Morgan fingerprint density at radius 3 is 2.53 bits per heavy atom. The number of alkyl halides is 3. The Hall–Kier alpha value is -0.430. The number of halogens is 3. The van der Waals surface area contributed by atoms with Crippen molar-refractivity contribution in [2.45, 2.75) is 19.1 Å². The van der Waals surface area contributed by atoms with Gasteiger partial charge in [0.2, 0.25) is 5.91 Å². The average Bonchev–Trinajstić information content (AvgIpc) is 2.11. The highest BCUT2D eigenvalue weighted by Gasteiger charge is 2.27. The van der Waals surface area contributed by atoms with Crippen molar-refractivity contribution in [3.8, 4) is 0 Å². The predicted octanol–water partition coefficient (Wildman–Crippen LogP) is 1.01. The Balaban J connectivity index is 3.58. The second kappa shape index (κ2) is 6.95. The minimum atomic E-state index is -4.35. The van der Waals surface area contributed by atoms with Crippen molar-refractivity contribution >= 4 is 17.7 Å². The standard InChI is InChI=1S/C8H15F3N2OS/c1-6(4-15-2)12-3-7(14)13-5-8(9,10)11/h6,12H,3-5H2,1-2H3,(H,13,14). The average molecular weight is 244 g/mol. The van der Waals surface area contributed by atoms with Crippen molar-refractivity contribution in [2.24, 2.45) is 0 Å². The fourth-order valence-electron chi connectivity index (χ4n) is 0.837. The Morgan fingerprint density at radius 1 is 1.47 bits per heavy atom. The molecule has 2 N–H and O–H groups in total. The van der Waals surface area contributed by atoms with Crippen molar-refractivity contribution in [2.75, 3.05) is 25.1 Å². The molecule has 0 saturated carbocycles. The first-order valence-electron chi connectivity index (χ1n) is 4.41. The van der Waals surface area contributed by atoms with Crippen LogP contribution in [0.1, 0.15) is 6.92 Å². The van der Waals surface area contributed by atoms with Gasteiger partial charge in [0.1, 0.15) is 6.54 Å². The molecule has 0 aromatic heterocycles. The zero-order chi connectivity index (χ0) is 11.9. The van der Waals surface area contributed by atoms with Gasteiger partial charge in [-0.05, 0) is 13.2 Å². The number of amides is 1. The maximum atomic E-state index is 11.7. The summed E-state index contributed by atoms with van der Waals surface area (Å²) in [5.74, 6) is 0.173. The molecule has 0 aliphatic rings. The number of carbonyl (C=O) groups excluding carboxylic acids is 1. The molecule has 0 aromatic rings. The molecule has 0 radical (unpaired) electrons. The lowest BCUT2D eigenvalue weighted by Gasteiger charge is -2.12. The Kier molecular flexibility index (Phi) is 6.75. The van der Waals surface area contributed by atoms with Crippen LogP contribution in [0.25, 0.3) is 0 Å². The summed E-state index contributed by atoms with van der Waals surface area (Å²) in [6.45, 7) is 0.510. The van der Waals surface area contributed by atoms with Crippen LogP contribution in [0, 0.1) is 0 Å². The second-order valence-corrected chi connectivity index (χ2v) is 4.04. The molecule has 0 fully saturated rings. The van der Waals surface area contributed by atoms with Crippen molar-refractivity contribution in [3.05, 3.63) is 0 Å². The van der Waals surface area contributed by atoms with Crippen LogP contribution < -0.4 is 10.6 Å². The fourth-order valence-corrected chi connectivity index (χ4v) is 1.46. The van der Waals surface area contributed by atoms with Crippen LogP contribution in [0.5, 0.6) is 0 Å². The van der Waals surface area contributed by atoms with Crippen LogP contribution in [0.2, 0.25) is 0 Å². The lowest BCUT2D eigenvalue weighted by molar-refractivity contribution is -0.137. The molecule has 1 amide bonds. The molecular formula is C8H15F3N2OS. The summed E-state index contributed by atoms with van der Waals surface area (Å²) in [5, 5.41) is 4.61. The lowest BCUT2D eigenvalue weighted by atomic mass is 10.4. The van der Waals surface area contributed by atoms with Gasteiger partial charge >= 0.3 is 6.18 Å². The number of thioether (sulfide) groups is 1. The molecule has 3 nitrogen and oxygen atoms in total. The van der Waals surface area contributed by atoms with Crippen molar-refractivity contribution in [1.82, 2.24) is 10.6 Å². The molecule has 0 aliphatic heterocycles. The normalized spacial score (nSPS) is 13.7. The minimum Gasteiger partial charge on any atom is -0.346 e. The third-order valence-corrected chi connectivity index (χ3v) is 2.35. The molecule has 0 bridgehead atoms. The molecule has 0 rings (SSSR count). The van der Waals surface area contributed by atoms with E-state index in [0.29, 0.717) is 0 Å². The monoisotopic (exact) mass is 244 g/mol. The van der Waals surface area contributed by atoms with E-state index >= 15 is 0 Å². The molecule has 0 saturated heterocycles. The van der Waals surface area contributed by atoms with Gasteiger partial charge in [0.15, 0.2) is 0 Å². The van der Waals surface area contributed by atoms with Crippen LogP contribution in [0.15, 0.2) is 0 Å². The number of rotatable bonds is 6. The van der Waals surface area contributed by atoms with E-state index in [0.717, 1.165) is 5.75 Å². The van der Waals surface area contributed by atoms with Gasteiger partial charge in [0, 0.05) is 11.8 Å². The van der Waals surface area contributed by atoms with Crippen molar-refractivity contribution in [1.29, 1.82) is 0 Å². The fraction of sp³-hybridized carbons (Fsp3) is 0.875. The van der Waals surface area contributed by atoms with E-state index < -0.39 is 18.6 Å². The smallest absolute Gasteiger partial charge is 0.346 e. The van der Waals surface area contributed by atoms with Crippen molar-refractivity contribution in [3.63, 3.8) is 0 Å². The summed E-state index contributed by atoms with van der Waals surface area (Å²) in [6.07, 6.45) is -2.43. The highest BCUT2D eigenvalue weighted by molar-refractivity contribution is 7.98. The van der Waals surface area contributed by atoms with Gasteiger partial charge in [-0.2, -0.15) is 24.9 Å². The molecule has 0 heterocycles. The maximum absolute atomic E-state index is 11.7. The minimum absolute atomic E-state index is 0.0855. The molecule has 0 spiro atoms. The van der Waals surface area contributed by atoms with Crippen LogP contribution in [-0.2, 0) is 4.79 Å². The maximum Gasteiger partial charge on any atom is 0.405 e. The van der Waals surface area contributed by atoms with Crippen LogP contribution in [-0.4, -0.2) is 43.2 Å². The van der Waals surface area contributed by atoms with Gasteiger partial charge < -0.3 is 10.6 Å². The Labute approximate surface area is 91.2 Å². The highest BCUT2D eigenvalue weighted by Crippen LogP contribution is 2.11.